The molecule has 1 amide bonds. The smallest absolute Gasteiger partial charge is 0.407 e. The summed E-state index contributed by atoms with van der Waals surface area (Å²) in [5, 5.41) is 2.56. The first-order chi connectivity index (χ1) is 5.16. The van der Waals surface area contributed by atoms with E-state index >= 15 is 0 Å². The second-order valence-electron chi connectivity index (χ2n) is 1.63. The van der Waals surface area contributed by atoms with Crippen molar-refractivity contribution in [3.05, 3.63) is 0 Å². The molecule has 0 saturated carbocycles. The first-order valence-electron chi connectivity index (χ1n) is 2.89. The predicted molar refractivity (Wildman–Crippen MR) is 35.6 cm³/mol. The average molecular weight is 162 g/mol. The Morgan fingerprint density at radius 1 is 1.45 bits per heavy atom. The zero-order valence-electron chi connectivity index (χ0n) is 6.12. The highest BCUT2D eigenvalue weighted by Crippen LogP contribution is 1.78. The van der Waals surface area contributed by atoms with Gasteiger partial charge in [-0.3, -0.25) is 4.79 Å². The molecule has 6 nitrogen and oxygen atoms in total. The fraction of sp³-hybridized carbons (Fsp3) is 0.600. The number of carbonyl (C=O) groups excluding carboxylic acids is 2. The van der Waals surface area contributed by atoms with Gasteiger partial charge >= 0.3 is 12.1 Å². The van der Waals surface area contributed by atoms with Gasteiger partial charge in [-0.1, -0.05) is 0 Å². The van der Waals surface area contributed by atoms with Crippen LogP contribution >= 0.6 is 0 Å². The lowest BCUT2D eigenvalue weighted by molar-refractivity contribution is -0.150. The van der Waals surface area contributed by atoms with Crippen molar-refractivity contribution in [3.63, 3.8) is 0 Å². The second kappa shape index (κ2) is 5.48. The second-order valence-corrected chi connectivity index (χ2v) is 1.63. The predicted octanol–water partition coefficient (Wildman–Crippen LogP) is -1.20. The number of amides is 1. The molecule has 0 aromatic carbocycles. The van der Waals surface area contributed by atoms with Crippen LogP contribution in [0.2, 0.25) is 0 Å². The molecule has 11 heavy (non-hydrogen) atoms. The number of carbonyl (C=O) groups is 2. The molecule has 0 radical (unpaired) electrons. The minimum absolute atomic E-state index is 0.0715. The Morgan fingerprint density at radius 2 is 2.09 bits per heavy atom. The molecular weight excluding hydrogens is 152 g/mol. The van der Waals surface area contributed by atoms with E-state index in [1.54, 1.807) is 7.05 Å². The normalized spacial score (nSPS) is 8.82. The van der Waals surface area contributed by atoms with E-state index in [2.05, 4.69) is 20.5 Å². The largest absolute Gasteiger partial charge is 0.427 e. The van der Waals surface area contributed by atoms with Gasteiger partial charge in [0, 0.05) is 0 Å². The van der Waals surface area contributed by atoms with Crippen LogP contribution < -0.4 is 11.1 Å². The van der Waals surface area contributed by atoms with Gasteiger partial charge in [-0.05, 0) is 7.05 Å². The van der Waals surface area contributed by atoms with E-state index in [1.807, 2.05) is 0 Å². The Morgan fingerprint density at radius 3 is 2.55 bits per heavy atom. The first-order valence-corrected chi connectivity index (χ1v) is 2.89. The maximum absolute atomic E-state index is 10.5. The van der Waals surface area contributed by atoms with Gasteiger partial charge in [0.15, 0.2) is 0 Å². The summed E-state index contributed by atoms with van der Waals surface area (Å²) in [4.78, 5) is 20.4. The van der Waals surface area contributed by atoms with Gasteiger partial charge in [0.05, 0.1) is 6.54 Å². The van der Waals surface area contributed by atoms with E-state index in [-0.39, 0.29) is 6.54 Å². The van der Waals surface area contributed by atoms with Crippen LogP contribution in [-0.2, 0) is 14.3 Å². The number of esters is 1. The molecule has 0 saturated heterocycles. The highest BCUT2D eigenvalue weighted by molar-refractivity contribution is 5.71. The zero-order chi connectivity index (χ0) is 8.69. The Labute approximate surface area is 63.6 Å². The van der Waals surface area contributed by atoms with Crippen LogP contribution in [0.5, 0.6) is 0 Å². The maximum atomic E-state index is 10.5. The van der Waals surface area contributed by atoms with Crippen molar-refractivity contribution in [1.29, 1.82) is 0 Å². The van der Waals surface area contributed by atoms with Gasteiger partial charge in [0.2, 0.25) is 6.79 Å². The molecule has 0 aromatic heterocycles. The fourth-order valence-electron chi connectivity index (χ4n) is 0.349. The van der Waals surface area contributed by atoms with Crippen LogP contribution in [0.15, 0.2) is 0 Å². The lowest BCUT2D eigenvalue weighted by atomic mass is 10.7. The molecule has 0 aliphatic heterocycles. The molecular formula is C5H10N2O4. The van der Waals surface area contributed by atoms with E-state index in [0.717, 1.165) is 0 Å². The van der Waals surface area contributed by atoms with Crippen LogP contribution in [-0.4, -0.2) is 32.4 Å². The summed E-state index contributed by atoms with van der Waals surface area (Å²) in [6.45, 7) is -0.363. The third-order valence-corrected chi connectivity index (χ3v) is 0.742. The lowest BCUT2D eigenvalue weighted by Gasteiger charge is -2.02. The molecule has 0 heterocycles. The highest BCUT2D eigenvalue weighted by atomic mass is 16.7. The van der Waals surface area contributed by atoms with Crippen LogP contribution in [0.4, 0.5) is 4.79 Å². The zero-order valence-corrected chi connectivity index (χ0v) is 6.12. The van der Waals surface area contributed by atoms with Gasteiger partial charge in [-0.15, -0.1) is 0 Å². The fourth-order valence-corrected chi connectivity index (χ4v) is 0.349. The topological polar surface area (TPSA) is 90.7 Å². The Bertz CT molecular complexity index is 147. The summed E-state index contributed by atoms with van der Waals surface area (Å²) in [5.41, 5.74) is 4.58. The van der Waals surface area contributed by atoms with Crippen molar-refractivity contribution < 1.29 is 19.1 Å². The number of likely N-dealkylation sites (N-methyl/N-ethyl adjacent to an activating group) is 1. The number of rotatable bonds is 4. The van der Waals surface area contributed by atoms with Crippen molar-refractivity contribution >= 4 is 12.1 Å². The highest BCUT2D eigenvalue weighted by Gasteiger charge is 2.00. The molecule has 0 aromatic rings. The maximum Gasteiger partial charge on any atom is 0.407 e. The average Bonchev–Trinajstić information content (AvgIpc) is 1.87. The molecule has 0 aliphatic carbocycles. The Kier molecular flexibility index (Phi) is 4.83. The number of hydrogen-bond acceptors (Lipinski definition) is 5. The summed E-state index contributed by atoms with van der Waals surface area (Å²) in [6.07, 6.45) is -0.970. The van der Waals surface area contributed by atoms with Crippen molar-refractivity contribution in [2.45, 2.75) is 0 Å². The monoisotopic (exact) mass is 162 g/mol. The number of hydrogen-bond donors (Lipinski definition) is 2. The van der Waals surface area contributed by atoms with Gasteiger partial charge in [-0.25, -0.2) is 4.79 Å². The van der Waals surface area contributed by atoms with Crippen LogP contribution in [0.3, 0.4) is 0 Å². The minimum atomic E-state index is -0.970. The number of nitrogens with two attached hydrogens (primary N) is 1. The molecule has 0 rings (SSSR count). The summed E-state index contributed by atoms with van der Waals surface area (Å²) in [7, 11) is 1.59. The van der Waals surface area contributed by atoms with E-state index in [4.69, 9.17) is 0 Å². The molecule has 0 fully saturated rings. The molecule has 0 bridgehead atoms. The Hall–Kier alpha value is -1.30. The third kappa shape index (κ3) is 6.59. The summed E-state index contributed by atoms with van der Waals surface area (Å²) >= 11 is 0. The lowest BCUT2D eigenvalue weighted by Crippen LogP contribution is -2.23. The quantitative estimate of drug-likeness (QED) is 0.400. The van der Waals surface area contributed by atoms with E-state index in [0.29, 0.717) is 0 Å². The van der Waals surface area contributed by atoms with Crippen molar-refractivity contribution in [3.8, 4) is 0 Å². The molecule has 0 unspecified atom stereocenters. The molecule has 0 atom stereocenters. The van der Waals surface area contributed by atoms with Crippen molar-refractivity contribution in [2.24, 2.45) is 5.73 Å². The van der Waals surface area contributed by atoms with Crippen molar-refractivity contribution in [1.82, 2.24) is 5.32 Å². The van der Waals surface area contributed by atoms with Gasteiger partial charge in [0.25, 0.3) is 0 Å². The molecule has 0 spiro atoms. The number of nitrogens with one attached hydrogen (secondary N) is 1. The third-order valence-electron chi connectivity index (χ3n) is 0.742. The van der Waals surface area contributed by atoms with Gasteiger partial charge < -0.3 is 20.5 Å². The van der Waals surface area contributed by atoms with Crippen molar-refractivity contribution in [2.75, 3.05) is 20.4 Å². The van der Waals surface area contributed by atoms with Crippen LogP contribution in [0, 0.1) is 0 Å². The molecule has 64 valence electrons. The summed E-state index contributed by atoms with van der Waals surface area (Å²) in [6, 6.07) is 0. The number of ether oxygens (including phenoxy) is 2. The molecule has 3 N–H and O–H groups in total. The first kappa shape index (κ1) is 9.70. The summed E-state index contributed by atoms with van der Waals surface area (Å²) in [5.74, 6) is -0.506. The molecule has 0 aliphatic rings. The minimum Gasteiger partial charge on any atom is -0.427 e. The van der Waals surface area contributed by atoms with E-state index in [9.17, 15) is 9.59 Å². The van der Waals surface area contributed by atoms with E-state index in [1.165, 1.54) is 0 Å². The van der Waals surface area contributed by atoms with E-state index < -0.39 is 18.9 Å². The van der Waals surface area contributed by atoms with Gasteiger partial charge in [0.1, 0.15) is 0 Å². The molecule has 6 heteroatoms. The SMILES string of the molecule is CNCC(=O)OCOC(N)=O. The van der Waals surface area contributed by atoms with Gasteiger partial charge in [-0.2, -0.15) is 0 Å². The summed E-state index contributed by atoms with van der Waals surface area (Å²) < 4.78 is 8.50. The Balaban J connectivity index is 3.24. The van der Waals surface area contributed by atoms with Crippen LogP contribution in [0.25, 0.3) is 0 Å². The number of primary amides is 1. The standard InChI is InChI=1S/C5H10N2O4/c1-7-2-4(8)10-3-11-5(6)9/h7H,2-3H2,1H3,(H2,6,9). The van der Waals surface area contributed by atoms with Crippen LogP contribution in [0.1, 0.15) is 0 Å².